The summed E-state index contributed by atoms with van der Waals surface area (Å²) in [5.41, 5.74) is 9.01. The summed E-state index contributed by atoms with van der Waals surface area (Å²) in [6.07, 6.45) is 3.19. The van der Waals surface area contributed by atoms with Gasteiger partial charge in [-0.25, -0.2) is 0 Å². The Morgan fingerprint density at radius 1 is 0.593 bits per heavy atom. The van der Waals surface area contributed by atoms with Crippen LogP contribution in [0.2, 0.25) is 0 Å². The normalized spacial score (nSPS) is 10.9. The average molecular weight is 411 g/mol. The largest absolute Gasteiger partial charge is 0.179 e. The van der Waals surface area contributed by atoms with Crippen molar-refractivity contribution < 1.29 is 0 Å². The molecule has 3 heteroatoms. The first kappa shape index (κ1) is 20.4. The van der Waals surface area contributed by atoms with Crippen molar-refractivity contribution >= 4 is 37.9 Å². The predicted molar refractivity (Wildman–Crippen MR) is 130 cm³/mol. The van der Waals surface area contributed by atoms with Gasteiger partial charge in [0, 0.05) is 5.75 Å². The van der Waals surface area contributed by atoms with Crippen molar-refractivity contribution in [3.8, 4) is 22.3 Å². The molecular formula is C24H26S3. The van der Waals surface area contributed by atoms with Crippen LogP contribution in [0.1, 0.15) is 23.1 Å². The van der Waals surface area contributed by atoms with Crippen LogP contribution in [0.5, 0.6) is 0 Å². The Balaban J connectivity index is 2.01. The minimum absolute atomic E-state index is 0.725. The van der Waals surface area contributed by atoms with Crippen molar-refractivity contribution in [3.63, 3.8) is 0 Å². The summed E-state index contributed by atoms with van der Waals surface area (Å²) in [5.74, 6) is 2.53. The Morgan fingerprint density at radius 2 is 1.22 bits per heavy atom. The molecule has 3 rings (SSSR count). The van der Waals surface area contributed by atoms with Gasteiger partial charge in [0.05, 0.1) is 0 Å². The van der Waals surface area contributed by atoms with E-state index in [1.165, 1.54) is 38.9 Å². The number of benzene rings is 3. The molecule has 0 aliphatic carbocycles. The van der Waals surface area contributed by atoms with Gasteiger partial charge in [-0.1, -0.05) is 66.7 Å². The lowest BCUT2D eigenvalue weighted by atomic mass is 9.90. The maximum atomic E-state index is 4.58. The summed E-state index contributed by atoms with van der Waals surface area (Å²) in [7, 11) is 0. The highest BCUT2D eigenvalue weighted by Crippen LogP contribution is 2.36. The standard InChI is InChI=1S/C24H26S3/c25-15-2-3-18-8-12-21(13-9-18)24-22(17-27)4-1-5-23(24)20-10-6-19(7-11-20)14-16-26/h1,4-13,25-27H,2-3,14-17H2. The summed E-state index contributed by atoms with van der Waals surface area (Å²) in [6.45, 7) is 0. The monoisotopic (exact) mass is 410 g/mol. The molecule has 0 nitrogen and oxygen atoms in total. The third-order valence-electron chi connectivity index (χ3n) is 4.85. The van der Waals surface area contributed by atoms with Crippen LogP contribution in [-0.2, 0) is 18.6 Å². The summed E-state index contributed by atoms with van der Waals surface area (Å²) < 4.78 is 0. The smallest absolute Gasteiger partial charge is 0.0160 e. The Morgan fingerprint density at radius 3 is 1.81 bits per heavy atom. The van der Waals surface area contributed by atoms with Crippen LogP contribution in [0.25, 0.3) is 22.3 Å². The van der Waals surface area contributed by atoms with Crippen LogP contribution in [0, 0.1) is 0 Å². The van der Waals surface area contributed by atoms with E-state index in [2.05, 4.69) is 105 Å². The fourth-order valence-electron chi connectivity index (χ4n) is 3.41. The third-order valence-corrected chi connectivity index (χ3v) is 5.73. The fraction of sp³-hybridized carbons (Fsp3) is 0.250. The zero-order valence-electron chi connectivity index (χ0n) is 15.4. The van der Waals surface area contributed by atoms with E-state index in [1.807, 2.05) is 0 Å². The molecule has 0 fully saturated rings. The van der Waals surface area contributed by atoms with Gasteiger partial charge in [-0.2, -0.15) is 37.9 Å². The van der Waals surface area contributed by atoms with Crippen molar-refractivity contribution in [1.29, 1.82) is 0 Å². The highest BCUT2D eigenvalue weighted by molar-refractivity contribution is 7.80. The summed E-state index contributed by atoms with van der Waals surface area (Å²) in [6, 6.07) is 24.4. The molecule has 3 aromatic rings. The van der Waals surface area contributed by atoms with Gasteiger partial charge in [0.15, 0.2) is 0 Å². The number of hydrogen-bond acceptors (Lipinski definition) is 3. The Bertz CT molecular complexity index is 852. The molecule has 0 aromatic heterocycles. The van der Waals surface area contributed by atoms with E-state index in [9.17, 15) is 0 Å². The molecular weight excluding hydrogens is 384 g/mol. The molecule has 0 aliphatic rings. The van der Waals surface area contributed by atoms with Gasteiger partial charge in [-0.3, -0.25) is 0 Å². The molecule has 0 spiro atoms. The predicted octanol–water partition coefficient (Wildman–Crippen LogP) is 6.79. The van der Waals surface area contributed by atoms with Crippen LogP contribution in [0.4, 0.5) is 0 Å². The molecule has 0 N–H and O–H groups in total. The zero-order chi connectivity index (χ0) is 19.1. The van der Waals surface area contributed by atoms with Crippen LogP contribution >= 0.6 is 37.9 Å². The van der Waals surface area contributed by atoms with Gasteiger partial charge >= 0.3 is 0 Å². The van der Waals surface area contributed by atoms with E-state index in [0.29, 0.717) is 0 Å². The van der Waals surface area contributed by atoms with E-state index in [1.54, 1.807) is 0 Å². The second-order valence-corrected chi connectivity index (χ2v) is 7.90. The second kappa shape index (κ2) is 10.3. The summed E-state index contributed by atoms with van der Waals surface area (Å²) in [5, 5.41) is 0. The van der Waals surface area contributed by atoms with Crippen molar-refractivity contribution in [2.24, 2.45) is 0 Å². The van der Waals surface area contributed by atoms with Gasteiger partial charge in [-0.15, -0.1) is 0 Å². The van der Waals surface area contributed by atoms with Crippen LogP contribution < -0.4 is 0 Å². The van der Waals surface area contributed by atoms with Crippen molar-refractivity contribution in [2.45, 2.75) is 25.0 Å². The minimum atomic E-state index is 0.725. The molecule has 3 aromatic carbocycles. The first-order chi connectivity index (χ1) is 13.3. The van der Waals surface area contributed by atoms with Crippen molar-refractivity contribution in [2.75, 3.05) is 11.5 Å². The highest BCUT2D eigenvalue weighted by Gasteiger charge is 2.12. The first-order valence-corrected chi connectivity index (χ1v) is 11.3. The number of rotatable bonds is 8. The third kappa shape index (κ3) is 5.16. The van der Waals surface area contributed by atoms with Gasteiger partial charge in [0.25, 0.3) is 0 Å². The maximum absolute atomic E-state index is 4.58. The highest BCUT2D eigenvalue weighted by atomic mass is 32.1. The lowest BCUT2D eigenvalue weighted by Crippen LogP contribution is -1.93. The van der Waals surface area contributed by atoms with E-state index >= 15 is 0 Å². The van der Waals surface area contributed by atoms with Gasteiger partial charge in [-0.05, 0) is 69.7 Å². The minimum Gasteiger partial charge on any atom is -0.179 e. The maximum Gasteiger partial charge on any atom is 0.0160 e. The number of hydrogen-bond donors (Lipinski definition) is 3. The lowest BCUT2D eigenvalue weighted by Gasteiger charge is -2.15. The molecule has 140 valence electrons. The molecule has 27 heavy (non-hydrogen) atoms. The van der Waals surface area contributed by atoms with Crippen molar-refractivity contribution in [3.05, 3.63) is 83.4 Å². The van der Waals surface area contributed by atoms with Gasteiger partial charge in [0.2, 0.25) is 0 Å². The SMILES string of the molecule is SCCCc1ccc(-c2c(CS)cccc2-c2ccc(CCS)cc2)cc1. The molecule has 0 radical (unpaired) electrons. The second-order valence-electron chi connectivity index (χ2n) is 6.69. The topological polar surface area (TPSA) is 0 Å². The first-order valence-electron chi connectivity index (χ1n) is 9.40. The molecule has 0 saturated heterocycles. The molecule has 0 bridgehead atoms. The quantitative estimate of drug-likeness (QED) is 0.335. The summed E-state index contributed by atoms with van der Waals surface area (Å²) in [4.78, 5) is 0. The lowest BCUT2D eigenvalue weighted by molar-refractivity contribution is 0.936. The fourth-order valence-corrected chi connectivity index (χ4v) is 4.09. The molecule has 0 unspecified atom stereocenters. The molecule has 0 atom stereocenters. The summed E-state index contributed by atoms with van der Waals surface area (Å²) >= 11 is 13.2. The molecule has 0 amide bonds. The van der Waals surface area contributed by atoms with Gasteiger partial charge in [0.1, 0.15) is 0 Å². The number of thiol groups is 3. The van der Waals surface area contributed by atoms with E-state index in [0.717, 1.165) is 36.5 Å². The average Bonchev–Trinajstić information content (AvgIpc) is 2.73. The molecule has 0 heterocycles. The van der Waals surface area contributed by atoms with Crippen molar-refractivity contribution in [1.82, 2.24) is 0 Å². The molecule has 0 saturated carbocycles. The molecule has 0 aliphatic heterocycles. The van der Waals surface area contributed by atoms with Crippen LogP contribution in [-0.4, -0.2) is 11.5 Å². The zero-order valence-corrected chi connectivity index (χ0v) is 18.1. The Kier molecular flexibility index (Phi) is 7.81. The van der Waals surface area contributed by atoms with E-state index < -0.39 is 0 Å². The number of aryl methyl sites for hydroxylation is 2. The van der Waals surface area contributed by atoms with Gasteiger partial charge < -0.3 is 0 Å². The van der Waals surface area contributed by atoms with Crippen LogP contribution in [0.3, 0.4) is 0 Å². The van der Waals surface area contributed by atoms with E-state index in [-0.39, 0.29) is 0 Å². The Hall–Kier alpha value is -1.29. The van der Waals surface area contributed by atoms with E-state index in [4.69, 9.17) is 0 Å². The van der Waals surface area contributed by atoms with Crippen LogP contribution in [0.15, 0.2) is 66.7 Å². The Labute approximate surface area is 179 Å².